The van der Waals surface area contributed by atoms with Crippen molar-refractivity contribution < 1.29 is 35.2 Å². The molecule has 248 valence electrons. The number of halogens is 5. The summed E-state index contributed by atoms with van der Waals surface area (Å²) < 4.78 is 102. The highest BCUT2D eigenvalue weighted by atomic mass is 32.2. The molecule has 16 heteroatoms. The molecule has 1 amide bonds. The van der Waals surface area contributed by atoms with E-state index in [9.17, 15) is 31.2 Å². The number of nitrogens with zero attached hydrogens (tertiary/aromatic N) is 6. The number of hydrogen-bond donors (Lipinski definition) is 0. The Labute approximate surface area is 266 Å². The van der Waals surface area contributed by atoms with Gasteiger partial charge in [-0.05, 0) is 49.8 Å². The molecule has 0 N–H and O–H groups in total. The van der Waals surface area contributed by atoms with E-state index < -0.39 is 62.0 Å². The molecule has 5 rings (SSSR count). The van der Waals surface area contributed by atoms with Gasteiger partial charge >= 0.3 is 11.9 Å². The molecule has 1 aliphatic heterocycles. The predicted octanol–water partition coefficient (Wildman–Crippen LogP) is 4.53. The Balaban J connectivity index is 1.90. The Kier molecular flexibility index (Phi) is 8.70. The summed E-state index contributed by atoms with van der Waals surface area (Å²) in [6.45, 7) is 7.16. The summed E-state index contributed by atoms with van der Waals surface area (Å²) >= 11 is 0. The van der Waals surface area contributed by atoms with Gasteiger partial charge in [0.2, 0.25) is 15.9 Å². The Morgan fingerprint density at radius 2 is 1.74 bits per heavy atom. The van der Waals surface area contributed by atoms with E-state index in [1.54, 1.807) is 11.8 Å². The van der Waals surface area contributed by atoms with Crippen molar-refractivity contribution in [3.63, 3.8) is 0 Å². The quantitative estimate of drug-likeness (QED) is 0.218. The number of rotatable bonds is 6. The number of alkyl halides is 3. The van der Waals surface area contributed by atoms with E-state index in [-0.39, 0.29) is 52.9 Å². The van der Waals surface area contributed by atoms with Crippen LogP contribution in [0.25, 0.3) is 28.0 Å². The number of benzene rings is 2. The number of para-hydroxylation sites is 1. The van der Waals surface area contributed by atoms with Gasteiger partial charge in [-0.2, -0.15) is 18.2 Å². The van der Waals surface area contributed by atoms with Gasteiger partial charge in [-0.3, -0.25) is 4.79 Å². The maximum Gasteiger partial charge on any atom is 0.417 e. The third-order valence-corrected chi connectivity index (χ3v) is 9.77. The van der Waals surface area contributed by atoms with Gasteiger partial charge in [-0.1, -0.05) is 24.8 Å². The zero-order valence-electron chi connectivity index (χ0n) is 25.6. The van der Waals surface area contributed by atoms with Crippen LogP contribution in [-0.4, -0.2) is 77.8 Å². The molecule has 1 aliphatic rings. The Morgan fingerprint density at radius 3 is 2.36 bits per heavy atom. The molecular weight excluding hydrogens is 647 g/mol. The van der Waals surface area contributed by atoms with E-state index in [4.69, 9.17) is 0 Å². The number of hydrogen-bond acceptors (Lipinski definition) is 7. The van der Waals surface area contributed by atoms with Crippen LogP contribution in [0.5, 0.6) is 0 Å². The van der Waals surface area contributed by atoms with Crippen molar-refractivity contribution in [1.82, 2.24) is 23.7 Å². The number of anilines is 1. The van der Waals surface area contributed by atoms with Gasteiger partial charge in [-0.25, -0.2) is 35.8 Å². The van der Waals surface area contributed by atoms with Gasteiger partial charge in [0.25, 0.3) is 0 Å². The van der Waals surface area contributed by atoms with Gasteiger partial charge in [-0.15, -0.1) is 0 Å². The first-order valence-electron chi connectivity index (χ1n) is 14.2. The second kappa shape index (κ2) is 12.2. The molecule has 47 heavy (non-hydrogen) atoms. The minimum absolute atomic E-state index is 0.104. The van der Waals surface area contributed by atoms with Crippen molar-refractivity contribution in [3.8, 4) is 16.9 Å². The first-order chi connectivity index (χ1) is 22.0. The molecule has 1 saturated heterocycles. The molecule has 0 unspecified atom stereocenters. The van der Waals surface area contributed by atoms with Crippen molar-refractivity contribution in [2.75, 3.05) is 38.6 Å². The molecule has 4 aromatic rings. The molecular formula is C31H29F5N6O4S. The summed E-state index contributed by atoms with van der Waals surface area (Å²) in [5.41, 5.74) is -5.27. The first-order valence-corrected chi connectivity index (χ1v) is 15.6. The van der Waals surface area contributed by atoms with E-state index in [2.05, 4.69) is 16.5 Å². The van der Waals surface area contributed by atoms with Crippen LogP contribution in [-0.2, 0) is 21.0 Å². The van der Waals surface area contributed by atoms with Gasteiger partial charge in [0.15, 0.2) is 11.5 Å². The summed E-state index contributed by atoms with van der Waals surface area (Å²) in [5, 5.41) is -0.164. The molecule has 2 aromatic carbocycles. The zero-order chi connectivity index (χ0) is 34.6. The second-order valence-electron chi connectivity index (χ2n) is 11.1. The molecule has 0 aliphatic carbocycles. The van der Waals surface area contributed by atoms with Crippen LogP contribution >= 0.6 is 0 Å². The Morgan fingerprint density at radius 1 is 1.06 bits per heavy atom. The lowest BCUT2D eigenvalue weighted by atomic mass is 10.0. The molecule has 0 bridgehead atoms. The van der Waals surface area contributed by atoms with Crippen molar-refractivity contribution in [2.24, 2.45) is 0 Å². The highest BCUT2D eigenvalue weighted by Gasteiger charge is 2.37. The largest absolute Gasteiger partial charge is 0.417 e. The first kappa shape index (κ1) is 33.7. The van der Waals surface area contributed by atoms with E-state index in [1.165, 1.54) is 44.1 Å². The van der Waals surface area contributed by atoms with Crippen LogP contribution in [0, 0.1) is 18.6 Å². The lowest BCUT2D eigenvalue weighted by molar-refractivity contribution is -0.137. The van der Waals surface area contributed by atoms with Crippen molar-refractivity contribution in [3.05, 3.63) is 88.4 Å². The van der Waals surface area contributed by atoms with Crippen molar-refractivity contribution >= 4 is 32.8 Å². The predicted molar refractivity (Wildman–Crippen MR) is 165 cm³/mol. The molecule has 0 spiro atoms. The topological polar surface area (TPSA) is 109 Å². The van der Waals surface area contributed by atoms with Gasteiger partial charge in [0, 0.05) is 39.8 Å². The normalized spacial score (nSPS) is 15.8. The SMILES string of the molecule is C=CC(=O)N1CCN(c2nc(=O)n(-c3c(C)cccc3S(=O)(=O)N(C)C)c3nc(-c4c(F)cccc4C(F)(F)F)c(F)cc23)[C@@H](C)C1. The lowest BCUT2D eigenvalue weighted by Crippen LogP contribution is -2.54. The third-order valence-electron chi connectivity index (χ3n) is 7.93. The van der Waals surface area contributed by atoms with Crippen LogP contribution in [0.3, 0.4) is 0 Å². The van der Waals surface area contributed by atoms with Crippen molar-refractivity contribution in [2.45, 2.75) is 31.0 Å². The fourth-order valence-electron chi connectivity index (χ4n) is 5.63. The van der Waals surface area contributed by atoms with E-state index in [0.717, 1.165) is 33.1 Å². The van der Waals surface area contributed by atoms with Gasteiger partial charge in [0.05, 0.1) is 22.2 Å². The number of aryl methyl sites for hydroxylation is 1. The molecule has 0 radical (unpaired) electrons. The number of carbonyl (C=O) groups excluding carboxylic acids is 1. The maximum absolute atomic E-state index is 16.0. The van der Waals surface area contributed by atoms with Gasteiger partial charge in [0.1, 0.15) is 22.2 Å². The summed E-state index contributed by atoms with van der Waals surface area (Å²) in [6.07, 6.45) is -3.96. The molecule has 0 saturated carbocycles. The monoisotopic (exact) mass is 676 g/mol. The minimum Gasteiger partial charge on any atom is -0.350 e. The molecule has 10 nitrogen and oxygen atoms in total. The van der Waals surface area contributed by atoms with Crippen LogP contribution in [0.4, 0.5) is 27.8 Å². The average Bonchev–Trinajstić information content (AvgIpc) is 3.00. The Bertz CT molecular complexity index is 2100. The van der Waals surface area contributed by atoms with Crippen LogP contribution in [0.2, 0.25) is 0 Å². The maximum atomic E-state index is 16.0. The summed E-state index contributed by atoms with van der Waals surface area (Å²) in [7, 11) is -1.71. The van der Waals surface area contributed by atoms with Crippen LogP contribution < -0.4 is 10.6 Å². The summed E-state index contributed by atoms with van der Waals surface area (Å²) in [5.74, 6) is -3.20. The fourth-order valence-corrected chi connectivity index (χ4v) is 6.77. The summed E-state index contributed by atoms with van der Waals surface area (Å²) in [6, 6.07) is 6.58. The highest BCUT2D eigenvalue weighted by Crippen LogP contribution is 2.40. The minimum atomic E-state index is -5.11. The van der Waals surface area contributed by atoms with E-state index in [1.807, 2.05) is 0 Å². The third kappa shape index (κ3) is 5.86. The number of piperazine rings is 1. The summed E-state index contributed by atoms with van der Waals surface area (Å²) in [4.78, 5) is 37.4. The second-order valence-corrected chi connectivity index (χ2v) is 13.3. The number of carbonyl (C=O) groups is 1. The van der Waals surface area contributed by atoms with E-state index in [0.29, 0.717) is 6.07 Å². The molecule has 3 heterocycles. The molecule has 1 fully saturated rings. The highest BCUT2D eigenvalue weighted by molar-refractivity contribution is 7.89. The smallest absolute Gasteiger partial charge is 0.350 e. The zero-order valence-corrected chi connectivity index (χ0v) is 26.5. The van der Waals surface area contributed by atoms with E-state index >= 15 is 8.78 Å². The average molecular weight is 677 g/mol. The number of pyridine rings is 1. The van der Waals surface area contributed by atoms with Crippen LogP contribution in [0.15, 0.2) is 64.8 Å². The molecule has 1 atom stereocenters. The van der Waals surface area contributed by atoms with Gasteiger partial charge < -0.3 is 9.80 Å². The van der Waals surface area contributed by atoms with Crippen molar-refractivity contribution in [1.29, 1.82) is 0 Å². The standard InChI is InChI=1S/C31H29F5N6O4S/c1-6-24(43)40-13-14-41(18(3)16-40)28-19-15-22(33)26(25-20(31(34,35)36)10-8-11-21(25)32)37-29(19)42(30(44)38-28)27-17(2)9-7-12-23(27)47(45,46)39(4)5/h6-12,15,18H,1,13-14,16H2,2-5H3/t18-/m0/s1. The molecule has 2 aromatic heterocycles. The van der Waals surface area contributed by atoms with Crippen LogP contribution in [0.1, 0.15) is 18.1 Å². The Hall–Kier alpha value is -4.70. The number of fused-ring (bicyclic) bond motifs is 1. The number of amides is 1. The number of sulfonamides is 1. The fraction of sp³-hybridized carbons (Fsp3) is 0.290. The number of aromatic nitrogens is 3. The lowest BCUT2D eigenvalue weighted by Gasteiger charge is -2.40.